The van der Waals surface area contributed by atoms with Gasteiger partial charge >= 0.3 is 6.98 Å². The maximum atomic E-state index is 13.3. The summed E-state index contributed by atoms with van der Waals surface area (Å²) in [5, 5.41) is 0.475. The second-order valence-electron chi connectivity index (χ2n) is 4.14. The van der Waals surface area contributed by atoms with Gasteiger partial charge in [0.15, 0.2) is 0 Å². The smallest absolute Gasteiger partial charge is 0.489 e. The second kappa shape index (κ2) is 5.75. The highest BCUT2D eigenvalue weighted by atomic mass is 35.5. The Bertz CT molecular complexity index is 616. The maximum Gasteiger partial charge on any atom is 0.512 e. The van der Waals surface area contributed by atoms with E-state index in [2.05, 4.69) is 0 Å². The average molecular weight is 303 g/mol. The molecule has 0 radical (unpaired) electrons. The van der Waals surface area contributed by atoms with Gasteiger partial charge in [-0.15, -0.1) is 0 Å². The number of benzene rings is 2. The molecule has 2 aromatic carbocycles. The Hall–Kier alpha value is -1.69. The molecule has 0 aliphatic carbocycles. The molecule has 0 heterocycles. The summed E-state index contributed by atoms with van der Waals surface area (Å²) in [7, 11) is 0. The normalized spacial score (nSPS) is 11.4. The molecule has 0 N–H and O–H groups in total. The predicted molar refractivity (Wildman–Crippen MR) is 70.9 cm³/mol. The predicted octanol–water partition coefficient (Wildman–Crippen LogP) is 4.11. The molecule has 0 amide bonds. The monoisotopic (exact) mass is 303 g/mol. The lowest BCUT2D eigenvalue weighted by Gasteiger charge is -2.16. The van der Waals surface area contributed by atoms with Crippen molar-refractivity contribution in [3.05, 3.63) is 58.9 Å². The molecule has 2 aromatic rings. The topological polar surface area (TPSA) is 9.23 Å². The van der Waals surface area contributed by atoms with Crippen LogP contribution in [0.25, 0.3) is 0 Å². The Balaban J connectivity index is 2.12. The number of halogens is 5. The molecule has 20 heavy (non-hydrogen) atoms. The maximum absolute atomic E-state index is 13.3. The van der Waals surface area contributed by atoms with E-state index in [1.54, 1.807) is 24.3 Å². The molecule has 0 unspecified atom stereocenters. The van der Waals surface area contributed by atoms with Gasteiger partial charge in [-0.25, -0.2) is 4.39 Å². The quantitative estimate of drug-likeness (QED) is 0.610. The van der Waals surface area contributed by atoms with Crippen molar-refractivity contribution < 1.29 is 22.1 Å². The zero-order valence-corrected chi connectivity index (χ0v) is 10.9. The number of hydrogen-bond acceptors (Lipinski definition) is 1. The highest BCUT2D eigenvalue weighted by Crippen LogP contribution is 2.20. The average Bonchev–Trinajstić information content (AvgIpc) is 2.36. The third-order valence-electron chi connectivity index (χ3n) is 2.68. The lowest BCUT2D eigenvalue weighted by Crippen LogP contribution is -2.36. The molecule has 1 nitrogen and oxygen atoms in total. The largest absolute Gasteiger partial charge is 0.512 e. The van der Waals surface area contributed by atoms with Crippen LogP contribution in [0.3, 0.4) is 0 Å². The van der Waals surface area contributed by atoms with Gasteiger partial charge in [-0.05, 0) is 12.1 Å². The van der Waals surface area contributed by atoms with Gasteiger partial charge in [-0.2, -0.15) is 0 Å². The first kappa shape index (κ1) is 14.7. The van der Waals surface area contributed by atoms with Crippen molar-refractivity contribution >= 4 is 24.0 Å². The van der Waals surface area contributed by atoms with E-state index in [1.165, 1.54) is 0 Å². The summed E-state index contributed by atoms with van der Waals surface area (Å²) in [6, 6.07) is 9.36. The van der Waals surface area contributed by atoms with Crippen LogP contribution in [0, 0.1) is 5.82 Å². The van der Waals surface area contributed by atoms with Crippen molar-refractivity contribution in [3.8, 4) is 5.75 Å². The van der Waals surface area contributed by atoms with E-state index in [-0.39, 0.29) is 12.4 Å². The van der Waals surface area contributed by atoms with Crippen molar-refractivity contribution in [2.24, 2.45) is 0 Å². The van der Waals surface area contributed by atoms with Gasteiger partial charge < -0.3 is 17.7 Å². The third-order valence-corrected chi connectivity index (χ3v) is 3.05. The van der Waals surface area contributed by atoms with Crippen molar-refractivity contribution in [1.82, 2.24) is 0 Å². The Kier molecular flexibility index (Phi) is 4.23. The van der Waals surface area contributed by atoms with Gasteiger partial charge in [-0.3, -0.25) is 0 Å². The summed E-state index contributed by atoms with van der Waals surface area (Å²) < 4.78 is 55.9. The van der Waals surface area contributed by atoms with E-state index >= 15 is 0 Å². The molecule has 0 spiro atoms. The number of hydrogen-bond donors (Lipinski definition) is 0. The Morgan fingerprint density at radius 2 is 1.75 bits per heavy atom. The third kappa shape index (κ3) is 3.45. The molecule has 0 fully saturated rings. The van der Waals surface area contributed by atoms with E-state index < -0.39 is 18.3 Å². The van der Waals surface area contributed by atoms with E-state index in [9.17, 15) is 17.3 Å². The van der Waals surface area contributed by atoms with Crippen LogP contribution in [0.2, 0.25) is 5.02 Å². The van der Waals surface area contributed by atoms with Gasteiger partial charge in [0, 0.05) is 16.7 Å². The Labute approximate surface area is 118 Å². The molecular formula is C13H9BClF4O-. The Morgan fingerprint density at radius 1 is 1.05 bits per heavy atom. The van der Waals surface area contributed by atoms with Gasteiger partial charge in [0.05, 0.1) is 5.82 Å². The minimum absolute atomic E-state index is 0.0196. The highest BCUT2D eigenvalue weighted by molar-refractivity contribution is 6.73. The second-order valence-corrected chi connectivity index (χ2v) is 4.55. The summed E-state index contributed by atoms with van der Waals surface area (Å²) in [4.78, 5) is 0. The molecule has 0 aliphatic heterocycles. The molecule has 7 heteroatoms. The van der Waals surface area contributed by atoms with Crippen LogP contribution in [0.1, 0.15) is 5.56 Å². The molecule has 0 atom stereocenters. The van der Waals surface area contributed by atoms with E-state index in [1.807, 2.05) is 0 Å². The van der Waals surface area contributed by atoms with Crippen LogP contribution in [-0.4, -0.2) is 6.98 Å². The van der Waals surface area contributed by atoms with Crippen LogP contribution >= 0.6 is 11.6 Å². The minimum Gasteiger partial charge on any atom is -0.489 e. The fourth-order valence-corrected chi connectivity index (χ4v) is 1.83. The zero-order valence-electron chi connectivity index (χ0n) is 10.1. The van der Waals surface area contributed by atoms with E-state index in [4.69, 9.17) is 16.3 Å². The molecule has 0 saturated carbocycles. The fourth-order valence-electron chi connectivity index (χ4n) is 1.64. The van der Waals surface area contributed by atoms with E-state index in [0.717, 1.165) is 12.1 Å². The van der Waals surface area contributed by atoms with Crippen molar-refractivity contribution in [1.29, 1.82) is 0 Å². The zero-order chi connectivity index (χ0) is 14.8. The molecule has 0 aliphatic rings. The first-order valence-corrected chi connectivity index (χ1v) is 6.11. The molecule has 0 bridgehead atoms. The summed E-state index contributed by atoms with van der Waals surface area (Å²) in [6.45, 7) is -5.31. The summed E-state index contributed by atoms with van der Waals surface area (Å²) in [5.41, 5.74) is -0.589. The summed E-state index contributed by atoms with van der Waals surface area (Å²) >= 11 is 5.91. The fraction of sp³-hybridized carbons (Fsp3) is 0.0769. The van der Waals surface area contributed by atoms with Crippen LogP contribution < -0.4 is 10.2 Å². The summed E-state index contributed by atoms with van der Waals surface area (Å²) in [5.74, 6) is -1.32. The lowest BCUT2D eigenvalue weighted by molar-refractivity contribution is 0.305. The first-order valence-electron chi connectivity index (χ1n) is 5.73. The SMILES string of the molecule is Fc1cc(OCc2ccccc2Cl)ccc1[B-](F)(F)F. The minimum atomic E-state index is -5.36. The van der Waals surface area contributed by atoms with Crippen molar-refractivity contribution in [2.75, 3.05) is 0 Å². The Morgan fingerprint density at radius 3 is 2.35 bits per heavy atom. The number of rotatable bonds is 4. The van der Waals surface area contributed by atoms with Gasteiger partial charge in [-0.1, -0.05) is 41.3 Å². The van der Waals surface area contributed by atoms with Crippen molar-refractivity contribution in [3.63, 3.8) is 0 Å². The molecule has 0 aromatic heterocycles. The van der Waals surface area contributed by atoms with Crippen LogP contribution in [0.4, 0.5) is 17.3 Å². The van der Waals surface area contributed by atoms with Gasteiger partial charge in [0.25, 0.3) is 0 Å². The molecule has 0 saturated heterocycles. The van der Waals surface area contributed by atoms with Gasteiger partial charge in [0.2, 0.25) is 0 Å². The highest BCUT2D eigenvalue weighted by Gasteiger charge is 2.28. The number of ether oxygens (including phenoxy) is 1. The van der Waals surface area contributed by atoms with Crippen molar-refractivity contribution in [2.45, 2.75) is 6.61 Å². The molecule has 2 rings (SSSR count). The molecular weight excluding hydrogens is 294 g/mol. The van der Waals surface area contributed by atoms with E-state index in [0.29, 0.717) is 16.7 Å². The van der Waals surface area contributed by atoms with Crippen LogP contribution in [-0.2, 0) is 6.61 Å². The summed E-state index contributed by atoms with van der Waals surface area (Å²) in [6.07, 6.45) is 0. The van der Waals surface area contributed by atoms with Gasteiger partial charge in [0.1, 0.15) is 12.4 Å². The lowest BCUT2D eigenvalue weighted by atomic mass is 9.80. The standard InChI is InChI=1S/C13H9BClF4O/c15-12-4-2-1-3-9(12)8-20-10-5-6-11(13(16)7-10)14(17,18)19/h1-7H,8H2/q-1. The van der Waals surface area contributed by atoms with Crippen LogP contribution in [0.5, 0.6) is 5.75 Å². The van der Waals surface area contributed by atoms with Crippen LogP contribution in [0.15, 0.2) is 42.5 Å². The first-order chi connectivity index (χ1) is 9.38. The molecule has 106 valence electrons.